The molecule has 0 aliphatic heterocycles. The maximum absolute atomic E-state index is 5.02. The van der Waals surface area contributed by atoms with E-state index in [0.717, 1.165) is 49.6 Å². The number of aromatic nitrogens is 6. The van der Waals surface area contributed by atoms with Crippen LogP contribution in [0.5, 0.6) is 0 Å². The Bertz CT molecular complexity index is 2070. The topological polar surface area (TPSA) is 60.9 Å². The van der Waals surface area contributed by atoms with Gasteiger partial charge in [-0.2, -0.15) is 9.97 Å². The van der Waals surface area contributed by atoms with Gasteiger partial charge in [0.15, 0.2) is 11.6 Å². The molecule has 0 amide bonds. The number of nitrogens with zero attached hydrogens (tertiary/aromatic N) is 6. The Morgan fingerprint density at radius 1 is 0.474 bits per heavy atom. The second kappa shape index (κ2) is 8.08. The van der Waals surface area contributed by atoms with E-state index >= 15 is 0 Å². The number of pyridine rings is 1. The molecule has 4 heterocycles. The van der Waals surface area contributed by atoms with Gasteiger partial charge in [-0.25, -0.2) is 9.97 Å². The van der Waals surface area contributed by atoms with Gasteiger partial charge in [-0.1, -0.05) is 84.9 Å². The highest BCUT2D eigenvalue weighted by Crippen LogP contribution is 2.35. The van der Waals surface area contributed by atoms with E-state index < -0.39 is 0 Å². The fourth-order valence-corrected chi connectivity index (χ4v) is 5.24. The Labute approximate surface area is 217 Å². The van der Waals surface area contributed by atoms with Crippen molar-refractivity contribution >= 4 is 38.5 Å². The first-order valence-corrected chi connectivity index (χ1v) is 12.5. The lowest BCUT2D eigenvalue weighted by Gasteiger charge is -2.11. The molecular formula is C32H20N6. The van der Waals surface area contributed by atoms with E-state index in [0.29, 0.717) is 17.6 Å². The minimum atomic E-state index is 0.581. The molecule has 0 saturated carbocycles. The van der Waals surface area contributed by atoms with E-state index in [2.05, 4.69) is 45.4 Å². The molecule has 38 heavy (non-hydrogen) atoms. The van der Waals surface area contributed by atoms with Crippen molar-refractivity contribution in [2.45, 2.75) is 0 Å². The molecule has 0 spiro atoms. The van der Waals surface area contributed by atoms with E-state index in [9.17, 15) is 0 Å². The Kier molecular flexibility index (Phi) is 4.42. The summed E-state index contributed by atoms with van der Waals surface area (Å²) in [7, 11) is 0. The standard InChI is InChI=1S/C32H20N6/c1-3-11-21(12-4-1)30-34-31(22-13-5-2-6-14-22)36-32(35-30)38-26-16-8-7-15-23(26)24-19-25-28(20-27(24)38)37-18-10-9-17-29(37)33-25/h1-20H. The van der Waals surface area contributed by atoms with Crippen LogP contribution in [0.1, 0.15) is 0 Å². The average molecular weight is 489 g/mol. The molecule has 178 valence electrons. The maximum atomic E-state index is 5.02. The number of hydrogen-bond acceptors (Lipinski definition) is 4. The summed E-state index contributed by atoms with van der Waals surface area (Å²) in [6.45, 7) is 0. The molecule has 0 radical (unpaired) electrons. The number of rotatable bonds is 3. The minimum Gasteiger partial charge on any atom is -0.300 e. The molecule has 0 saturated heterocycles. The summed E-state index contributed by atoms with van der Waals surface area (Å²) >= 11 is 0. The zero-order valence-electron chi connectivity index (χ0n) is 20.2. The van der Waals surface area contributed by atoms with Gasteiger partial charge in [0.05, 0.1) is 22.1 Å². The molecule has 0 unspecified atom stereocenters. The van der Waals surface area contributed by atoms with Gasteiger partial charge in [-0.05, 0) is 30.3 Å². The fourth-order valence-electron chi connectivity index (χ4n) is 5.24. The van der Waals surface area contributed by atoms with Gasteiger partial charge in [0.1, 0.15) is 5.65 Å². The third-order valence-electron chi connectivity index (χ3n) is 6.99. The highest BCUT2D eigenvalue weighted by molar-refractivity contribution is 6.12. The van der Waals surface area contributed by atoms with Crippen molar-refractivity contribution in [3.8, 4) is 28.7 Å². The van der Waals surface area contributed by atoms with Crippen molar-refractivity contribution in [1.29, 1.82) is 0 Å². The lowest BCUT2D eigenvalue weighted by molar-refractivity contribution is 0.953. The van der Waals surface area contributed by atoms with Crippen LogP contribution in [0, 0.1) is 0 Å². The van der Waals surface area contributed by atoms with Crippen molar-refractivity contribution in [1.82, 2.24) is 28.9 Å². The van der Waals surface area contributed by atoms with Crippen LogP contribution in [0.15, 0.2) is 121 Å². The third kappa shape index (κ3) is 3.14. The number of hydrogen-bond donors (Lipinski definition) is 0. The fraction of sp³-hybridized carbons (Fsp3) is 0. The normalized spacial score (nSPS) is 11.7. The van der Waals surface area contributed by atoms with Gasteiger partial charge in [0.25, 0.3) is 0 Å². The Morgan fingerprint density at radius 2 is 1.13 bits per heavy atom. The summed E-state index contributed by atoms with van der Waals surface area (Å²) < 4.78 is 4.27. The molecule has 0 atom stereocenters. The molecule has 0 bridgehead atoms. The number of para-hydroxylation sites is 1. The van der Waals surface area contributed by atoms with Gasteiger partial charge in [0, 0.05) is 28.1 Å². The molecule has 6 nitrogen and oxygen atoms in total. The summed E-state index contributed by atoms with van der Waals surface area (Å²) in [5.41, 5.74) is 6.86. The van der Waals surface area contributed by atoms with Crippen molar-refractivity contribution in [3.63, 3.8) is 0 Å². The van der Waals surface area contributed by atoms with Crippen LogP contribution >= 0.6 is 0 Å². The Morgan fingerprint density at radius 3 is 1.87 bits per heavy atom. The van der Waals surface area contributed by atoms with Crippen molar-refractivity contribution < 1.29 is 0 Å². The highest BCUT2D eigenvalue weighted by atomic mass is 15.2. The van der Waals surface area contributed by atoms with Crippen LogP contribution in [0.4, 0.5) is 0 Å². The van der Waals surface area contributed by atoms with Gasteiger partial charge in [-0.3, -0.25) is 8.97 Å². The van der Waals surface area contributed by atoms with Gasteiger partial charge in [0.2, 0.25) is 5.95 Å². The Balaban J connectivity index is 1.49. The van der Waals surface area contributed by atoms with Crippen molar-refractivity contribution in [3.05, 3.63) is 121 Å². The van der Waals surface area contributed by atoms with Crippen LogP contribution in [-0.2, 0) is 0 Å². The maximum Gasteiger partial charge on any atom is 0.238 e. The zero-order chi connectivity index (χ0) is 25.1. The first-order chi connectivity index (χ1) is 18.8. The molecule has 8 aromatic rings. The summed E-state index contributed by atoms with van der Waals surface area (Å²) in [5.74, 6) is 1.85. The van der Waals surface area contributed by atoms with Crippen LogP contribution in [0.2, 0.25) is 0 Å². The molecule has 0 aliphatic carbocycles. The summed E-state index contributed by atoms with van der Waals surface area (Å²) in [6.07, 6.45) is 2.05. The average Bonchev–Trinajstić information content (AvgIpc) is 3.51. The van der Waals surface area contributed by atoms with Crippen LogP contribution in [-0.4, -0.2) is 28.9 Å². The summed E-state index contributed by atoms with van der Waals surface area (Å²) in [5, 5.41) is 2.24. The lowest BCUT2D eigenvalue weighted by Crippen LogP contribution is -2.06. The first kappa shape index (κ1) is 20.8. The van der Waals surface area contributed by atoms with E-state index in [1.807, 2.05) is 85.1 Å². The molecule has 6 heteroatoms. The zero-order valence-corrected chi connectivity index (χ0v) is 20.2. The van der Waals surface area contributed by atoms with E-state index in [1.165, 1.54) is 0 Å². The van der Waals surface area contributed by atoms with E-state index in [4.69, 9.17) is 19.9 Å². The lowest BCUT2D eigenvalue weighted by atomic mass is 10.1. The van der Waals surface area contributed by atoms with E-state index in [-0.39, 0.29) is 0 Å². The third-order valence-corrected chi connectivity index (χ3v) is 6.99. The molecule has 0 fully saturated rings. The largest absolute Gasteiger partial charge is 0.300 e. The van der Waals surface area contributed by atoms with Gasteiger partial charge in [-0.15, -0.1) is 0 Å². The minimum absolute atomic E-state index is 0.581. The first-order valence-electron chi connectivity index (χ1n) is 12.5. The van der Waals surface area contributed by atoms with Gasteiger partial charge < -0.3 is 0 Å². The molecular weight excluding hydrogens is 468 g/mol. The predicted molar refractivity (Wildman–Crippen MR) is 151 cm³/mol. The number of fused-ring (bicyclic) bond motifs is 6. The molecule has 0 N–H and O–H groups in total. The number of imidazole rings is 1. The van der Waals surface area contributed by atoms with Crippen LogP contribution < -0.4 is 0 Å². The SMILES string of the molecule is c1ccc(-c2nc(-c3ccccc3)nc(-n3c4ccccc4c4cc5nc6ccccn6c5cc43)n2)cc1. The van der Waals surface area contributed by atoms with Crippen LogP contribution in [0.3, 0.4) is 0 Å². The molecule has 0 aliphatic rings. The molecule has 4 aromatic carbocycles. The Hall–Kier alpha value is -5.36. The van der Waals surface area contributed by atoms with Crippen LogP contribution in [0.25, 0.3) is 67.2 Å². The second-order valence-corrected chi connectivity index (χ2v) is 9.27. The highest BCUT2D eigenvalue weighted by Gasteiger charge is 2.19. The van der Waals surface area contributed by atoms with Crippen molar-refractivity contribution in [2.75, 3.05) is 0 Å². The number of benzene rings is 4. The van der Waals surface area contributed by atoms with E-state index in [1.54, 1.807) is 0 Å². The monoisotopic (exact) mass is 488 g/mol. The molecule has 8 rings (SSSR count). The van der Waals surface area contributed by atoms with Gasteiger partial charge >= 0.3 is 0 Å². The summed E-state index contributed by atoms with van der Waals surface area (Å²) in [4.78, 5) is 19.8. The quantitative estimate of drug-likeness (QED) is 0.266. The second-order valence-electron chi connectivity index (χ2n) is 9.27. The van der Waals surface area contributed by atoms with Crippen molar-refractivity contribution in [2.24, 2.45) is 0 Å². The predicted octanol–water partition coefficient (Wildman–Crippen LogP) is 7.10. The summed E-state index contributed by atoms with van der Waals surface area (Å²) in [6, 6.07) is 38.9. The smallest absolute Gasteiger partial charge is 0.238 e. The molecule has 4 aromatic heterocycles.